The van der Waals surface area contributed by atoms with Crippen LogP contribution in [-0.4, -0.2) is 74.9 Å². The van der Waals surface area contributed by atoms with Crippen LogP contribution in [0.1, 0.15) is 33.3 Å². The molecule has 0 fully saturated rings. The number of aryl methyl sites for hydroxylation is 1. The van der Waals surface area contributed by atoms with Crippen molar-refractivity contribution in [1.82, 2.24) is 9.21 Å². The molecule has 0 unspecified atom stereocenters. The molecule has 2 rings (SSSR count). The largest absolute Gasteiger partial charge is 0.458 e. The summed E-state index contributed by atoms with van der Waals surface area (Å²) in [4.78, 5) is 40.7. The van der Waals surface area contributed by atoms with Gasteiger partial charge in [-0.2, -0.15) is 4.31 Å². The number of anilines is 1. The first kappa shape index (κ1) is 29.8. The second-order valence-corrected chi connectivity index (χ2v) is 11.8. The Balaban J connectivity index is 2.37. The summed E-state index contributed by atoms with van der Waals surface area (Å²) in [7, 11) is 0.422. The molecule has 2 aromatic carbocycles. The molecule has 0 radical (unpaired) electrons. The number of rotatable bonds is 8. The first-order chi connectivity index (χ1) is 17.0. The van der Waals surface area contributed by atoms with Crippen LogP contribution in [0.25, 0.3) is 0 Å². The standard InChI is InChI=1S/C26H35N3O7S/c1-18-9-15-22(16-10-18)37(33,34)28(8)17-23(30)29(19(2)24(31)36-26(3,4)5)20-11-13-21(14-12-20)35-25(32)27(6)7/h9-16,19H,17H2,1-8H3/t19-/m0/s1. The molecule has 0 aliphatic heterocycles. The molecule has 0 heterocycles. The van der Waals surface area contributed by atoms with E-state index in [-0.39, 0.29) is 10.6 Å². The molecule has 0 N–H and O–H groups in total. The van der Waals surface area contributed by atoms with Gasteiger partial charge in [-0.05, 0) is 71.0 Å². The predicted molar refractivity (Wildman–Crippen MR) is 140 cm³/mol. The van der Waals surface area contributed by atoms with Crippen molar-refractivity contribution in [2.45, 2.75) is 51.2 Å². The van der Waals surface area contributed by atoms with Crippen molar-refractivity contribution in [3.8, 4) is 5.75 Å². The number of sulfonamides is 1. The molecule has 0 aliphatic rings. The summed E-state index contributed by atoms with van der Waals surface area (Å²) in [6.07, 6.45) is -0.578. The van der Waals surface area contributed by atoms with Crippen molar-refractivity contribution in [1.29, 1.82) is 0 Å². The van der Waals surface area contributed by atoms with Gasteiger partial charge in [0.1, 0.15) is 17.4 Å². The van der Waals surface area contributed by atoms with Crippen molar-refractivity contribution in [3.63, 3.8) is 0 Å². The zero-order chi connectivity index (χ0) is 28.1. The van der Waals surface area contributed by atoms with Gasteiger partial charge in [-0.15, -0.1) is 0 Å². The predicted octanol–water partition coefficient (Wildman–Crippen LogP) is 3.44. The second-order valence-electron chi connectivity index (χ2n) is 9.80. The average molecular weight is 534 g/mol. The van der Waals surface area contributed by atoms with E-state index in [0.29, 0.717) is 5.69 Å². The molecular formula is C26H35N3O7S. The molecule has 202 valence electrons. The Labute approximate surface area is 218 Å². The number of benzene rings is 2. The maximum Gasteiger partial charge on any atom is 0.414 e. The van der Waals surface area contributed by atoms with Crippen molar-refractivity contribution in [2.75, 3.05) is 32.6 Å². The van der Waals surface area contributed by atoms with Crippen molar-refractivity contribution >= 4 is 33.7 Å². The van der Waals surface area contributed by atoms with Gasteiger partial charge in [0.25, 0.3) is 0 Å². The van der Waals surface area contributed by atoms with E-state index >= 15 is 0 Å². The van der Waals surface area contributed by atoms with Crippen LogP contribution in [0.4, 0.5) is 10.5 Å². The summed E-state index contributed by atoms with van der Waals surface area (Å²) >= 11 is 0. The highest BCUT2D eigenvalue weighted by Crippen LogP contribution is 2.24. The fourth-order valence-corrected chi connectivity index (χ4v) is 4.31. The third-order valence-corrected chi connectivity index (χ3v) is 6.99. The Kier molecular flexibility index (Phi) is 9.45. The van der Waals surface area contributed by atoms with Crippen LogP contribution in [-0.2, 0) is 24.3 Å². The SMILES string of the molecule is Cc1ccc(S(=O)(=O)N(C)CC(=O)N(c2ccc(OC(=O)N(C)C)cc2)[C@@H](C)C(=O)OC(C)(C)C)cc1. The number of ether oxygens (including phenoxy) is 2. The van der Waals surface area contributed by atoms with Crippen LogP contribution in [0.3, 0.4) is 0 Å². The lowest BCUT2D eigenvalue weighted by molar-refractivity contribution is -0.156. The molecule has 11 heteroatoms. The second kappa shape index (κ2) is 11.7. The first-order valence-electron chi connectivity index (χ1n) is 11.6. The summed E-state index contributed by atoms with van der Waals surface area (Å²) < 4.78 is 37.7. The van der Waals surface area contributed by atoms with Crippen LogP contribution in [0.15, 0.2) is 53.4 Å². The number of amides is 2. The van der Waals surface area contributed by atoms with Gasteiger partial charge >= 0.3 is 12.1 Å². The third kappa shape index (κ3) is 8.02. The van der Waals surface area contributed by atoms with Crippen molar-refractivity contribution < 1.29 is 32.3 Å². The monoisotopic (exact) mass is 533 g/mol. The molecule has 0 saturated heterocycles. The maximum atomic E-state index is 13.5. The minimum absolute atomic E-state index is 0.0483. The van der Waals surface area contributed by atoms with E-state index in [0.717, 1.165) is 9.87 Å². The fourth-order valence-electron chi connectivity index (χ4n) is 3.18. The number of likely N-dealkylation sites (N-methyl/N-ethyl adjacent to an activating group) is 1. The lowest BCUT2D eigenvalue weighted by atomic mass is 10.1. The minimum atomic E-state index is -3.96. The van der Waals surface area contributed by atoms with Gasteiger partial charge in [0.2, 0.25) is 15.9 Å². The highest BCUT2D eigenvalue weighted by Gasteiger charge is 2.33. The average Bonchev–Trinajstić information content (AvgIpc) is 2.79. The zero-order valence-corrected chi connectivity index (χ0v) is 23.3. The lowest BCUT2D eigenvalue weighted by Gasteiger charge is -2.31. The van der Waals surface area contributed by atoms with E-state index in [1.807, 2.05) is 6.92 Å². The van der Waals surface area contributed by atoms with E-state index in [1.54, 1.807) is 47.0 Å². The molecule has 0 spiro atoms. The molecule has 0 aromatic heterocycles. The summed E-state index contributed by atoms with van der Waals surface area (Å²) in [5, 5.41) is 0. The molecule has 1 atom stereocenters. The molecule has 0 aliphatic carbocycles. The smallest absolute Gasteiger partial charge is 0.414 e. The Morgan fingerprint density at radius 1 is 0.919 bits per heavy atom. The van der Waals surface area contributed by atoms with E-state index in [2.05, 4.69) is 0 Å². The van der Waals surface area contributed by atoms with Crippen molar-refractivity contribution in [2.24, 2.45) is 0 Å². The summed E-state index contributed by atoms with van der Waals surface area (Å²) in [6.45, 7) is 7.94. The zero-order valence-electron chi connectivity index (χ0n) is 22.5. The molecular weight excluding hydrogens is 498 g/mol. The number of hydrogen-bond donors (Lipinski definition) is 0. The van der Waals surface area contributed by atoms with Gasteiger partial charge in [-0.3, -0.25) is 9.69 Å². The van der Waals surface area contributed by atoms with E-state index < -0.39 is 46.2 Å². The molecule has 2 aromatic rings. The minimum Gasteiger partial charge on any atom is -0.458 e. The van der Waals surface area contributed by atoms with Gasteiger partial charge in [-0.1, -0.05) is 17.7 Å². The van der Waals surface area contributed by atoms with E-state index in [4.69, 9.17) is 9.47 Å². The van der Waals surface area contributed by atoms with Crippen LogP contribution in [0.5, 0.6) is 5.75 Å². The van der Waals surface area contributed by atoms with E-state index in [1.165, 1.54) is 60.2 Å². The van der Waals surface area contributed by atoms with Gasteiger partial charge in [0.05, 0.1) is 11.4 Å². The van der Waals surface area contributed by atoms with Crippen LogP contribution >= 0.6 is 0 Å². The normalized spacial score (nSPS) is 12.6. The van der Waals surface area contributed by atoms with E-state index in [9.17, 15) is 22.8 Å². The third-order valence-electron chi connectivity index (χ3n) is 5.18. The van der Waals surface area contributed by atoms with Crippen LogP contribution in [0.2, 0.25) is 0 Å². The topological polar surface area (TPSA) is 114 Å². The molecule has 0 saturated carbocycles. The van der Waals surface area contributed by atoms with Crippen molar-refractivity contribution in [3.05, 3.63) is 54.1 Å². The molecule has 2 amide bonds. The Morgan fingerprint density at radius 3 is 1.95 bits per heavy atom. The van der Waals surface area contributed by atoms with Gasteiger partial charge in [-0.25, -0.2) is 18.0 Å². The summed E-state index contributed by atoms with van der Waals surface area (Å²) in [5.74, 6) is -1.07. The number of carbonyl (C=O) groups is 3. The van der Waals surface area contributed by atoms with Crippen LogP contribution < -0.4 is 9.64 Å². The Hall–Kier alpha value is -3.44. The number of hydrogen-bond acceptors (Lipinski definition) is 7. The number of nitrogens with zero attached hydrogens (tertiary/aromatic N) is 3. The summed E-state index contributed by atoms with van der Waals surface area (Å²) in [5.41, 5.74) is 0.402. The maximum absolute atomic E-state index is 13.5. The fraction of sp³-hybridized carbons (Fsp3) is 0.423. The van der Waals surface area contributed by atoms with Gasteiger partial charge < -0.3 is 14.4 Å². The van der Waals surface area contributed by atoms with Gasteiger partial charge in [0, 0.05) is 26.8 Å². The molecule has 0 bridgehead atoms. The van der Waals surface area contributed by atoms with Gasteiger partial charge in [0.15, 0.2) is 0 Å². The first-order valence-corrected chi connectivity index (χ1v) is 13.0. The molecule has 37 heavy (non-hydrogen) atoms. The highest BCUT2D eigenvalue weighted by atomic mass is 32.2. The van der Waals surface area contributed by atoms with Crippen LogP contribution in [0, 0.1) is 6.92 Å². The lowest BCUT2D eigenvalue weighted by Crippen LogP contribution is -2.49. The quantitative estimate of drug-likeness (QED) is 0.478. The number of esters is 1. The Bertz CT molecular complexity index is 1220. The number of carbonyl (C=O) groups excluding carboxylic acids is 3. The Morgan fingerprint density at radius 2 is 1.46 bits per heavy atom. The summed E-state index contributed by atoms with van der Waals surface area (Å²) in [6, 6.07) is 11.2. The molecule has 10 nitrogen and oxygen atoms in total. The highest BCUT2D eigenvalue weighted by molar-refractivity contribution is 7.89.